The number of Topliss-reactive ketones (excluding diaryl/α,β-unsaturated/α-hetero) is 1. The SMILES string of the molecule is CC1=C(C(=O)Nc2cccc(C)n2)[C@@H](c2cccnc2)C2=C(C[C@@H](C)CC2=O)N1. The van der Waals surface area contributed by atoms with Crippen LogP contribution in [-0.4, -0.2) is 21.7 Å². The third-order valence-electron chi connectivity index (χ3n) is 5.42. The summed E-state index contributed by atoms with van der Waals surface area (Å²) in [6.45, 7) is 5.84. The highest BCUT2D eigenvalue weighted by molar-refractivity contribution is 6.09. The largest absolute Gasteiger partial charge is 0.362 e. The van der Waals surface area contributed by atoms with Crippen LogP contribution in [0.5, 0.6) is 0 Å². The van der Waals surface area contributed by atoms with Gasteiger partial charge < -0.3 is 10.6 Å². The number of aryl methyl sites for hydroxylation is 1. The molecule has 0 saturated heterocycles. The van der Waals surface area contributed by atoms with E-state index in [1.54, 1.807) is 18.5 Å². The smallest absolute Gasteiger partial charge is 0.255 e. The Morgan fingerprint density at radius 2 is 2.00 bits per heavy atom. The maximum Gasteiger partial charge on any atom is 0.255 e. The van der Waals surface area contributed by atoms with Crippen LogP contribution in [0.2, 0.25) is 0 Å². The van der Waals surface area contributed by atoms with Crippen molar-refractivity contribution in [3.05, 3.63) is 76.5 Å². The maximum absolute atomic E-state index is 13.3. The Morgan fingerprint density at radius 1 is 1.17 bits per heavy atom. The second kappa shape index (κ2) is 7.62. The second-order valence-corrected chi connectivity index (χ2v) is 7.83. The highest BCUT2D eigenvalue weighted by atomic mass is 16.2. The molecular weight excluding hydrogens is 364 g/mol. The van der Waals surface area contributed by atoms with Crippen molar-refractivity contribution in [1.82, 2.24) is 15.3 Å². The molecule has 3 heterocycles. The van der Waals surface area contributed by atoms with E-state index in [-0.39, 0.29) is 17.6 Å². The summed E-state index contributed by atoms with van der Waals surface area (Å²) in [6, 6.07) is 9.24. The second-order valence-electron chi connectivity index (χ2n) is 7.83. The molecule has 1 aliphatic heterocycles. The maximum atomic E-state index is 13.3. The van der Waals surface area contributed by atoms with Gasteiger partial charge in [-0.15, -0.1) is 0 Å². The number of amides is 1. The molecule has 0 unspecified atom stereocenters. The number of rotatable bonds is 3. The number of carbonyl (C=O) groups excluding carboxylic acids is 2. The molecule has 2 aromatic rings. The van der Waals surface area contributed by atoms with E-state index in [0.29, 0.717) is 23.4 Å². The van der Waals surface area contributed by atoms with Crippen LogP contribution < -0.4 is 10.6 Å². The first-order valence-electron chi connectivity index (χ1n) is 9.83. The number of allylic oxidation sites excluding steroid dienone is 3. The molecular formula is C23H24N4O2. The molecule has 1 aliphatic carbocycles. The fraction of sp³-hybridized carbons (Fsp3) is 0.304. The van der Waals surface area contributed by atoms with Crippen molar-refractivity contribution >= 4 is 17.5 Å². The molecule has 2 aromatic heterocycles. The number of hydrogen-bond donors (Lipinski definition) is 2. The van der Waals surface area contributed by atoms with Crippen LogP contribution in [-0.2, 0) is 9.59 Å². The summed E-state index contributed by atoms with van der Waals surface area (Å²) >= 11 is 0. The average molecular weight is 388 g/mol. The highest BCUT2D eigenvalue weighted by Gasteiger charge is 2.39. The van der Waals surface area contributed by atoms with E-state index in [9.17, 15) is 9.59 Å². The molecule has 2 aliphatic rings. The molecule has 148 valence electrons. The van der Waals surface area contributed by atoms with Crippen LogP contribution in [0.3, 0.4) is 0 Å². The Morgan fingerprint density at radius 3 is 2.72 bits per heavy atom. The number of carbonyl (C=O) groups is 2. The lowest BCUT2D eigenvalue weighted by Crippen LogP contribution is -2.37. The number of nitrogens with zero attached hydrogens (tertiary/aromatic N) is 2. The van der Waals surface area contributed by atoms with Crippen molar-refractivity contribution in [2.75, 3.05) is 5.32 Å². The minimum atomic E-state index is -0.440. The number of ketones is 1. The van der Waals surface area contributed by atoms with Crippen LogP contribution in [0.15, 0.2) is 65.3 Å². The molecule has 4 rings (SSSR count). The number of nitrogens with one attached hydrogen (secondary N) is 2. The summed E-state index contributed by atoms with van der Waals surface area (Å²) in [5, 5.41) is 6.24. The predicted molar refractivity (Wildman–Crippen MR) is 111 cm³/mol. The zero-order chi connectivity index (χ0) is 20.5. The van der Waals surface area contributed by atoms with Gasteiger partial charge in [0.05, 0.1) is 0 Å². The Bertz CT molecular complexity index is 1040. The highest BCUT2D eigenvalue weighted by Crippen LogP contribution is 2.43. The van der Waals surface area contributed by atoms with Gasteiger partial charge in [-0.3, -0.25) is 14.6 Å². The van der Waals surface area contributed by atoms with Gasteiger partial charge >= 0.3 is 0 Å². The minimum Gasteiger partial charge on any atom is -0.362 e. The normalized spacial score (nSPS) is 21.6. The lowest BCUT2D eigenvalue weighted by Gasteiger charge is -2.36. The first-order valence-corrected chi connectivity index (χ1v) is 9.83. The lowest BCUT2D eigenvalue weighted by molar-refractivity contribution is -0.117. The third kappa shape index (κ3) is 3.70. The van der Waals surface area contributed by atoms with Gasteiger partial charge in [-0.1, -0.05) is 19.1 Å². The summed E-state index contributed by atoms with van der Waals surface area (Å²) in [7, 11) is 0. The Kier molecular flexibility index (Phi) is 5.01. The van der Waals surface area contributed by atoms with Crippen LogP contribution in [0.25, 0.3) is 0 Å². The summed E-state index contributed by atoms with van der Waals surface area (Å²) in [5.74, 6) is 0.155. The number of dihydropyridines is 1. The van der Waals surface area contributed by atoms with E-state index < -0.39 is 5.92 Å². The molecule has 0 bridgehead atoms. The first kappa shape index (κ1) is 19.1. The first-order chi connectivity index (χ1) is 13.9. The van der Waals surface area contributed by atoms with E-state index in [1.807, 2.05) is 38.1 Å². The Balaban J connectivity index is 1.78. The van der Waals surface area contributed by atoms with Gasteiger partial charge in [-0.2, -0.15) is 0 Å². The van der Waals surface area contributed by atoms with E-state index >= 15 is 0 Å². The molecule has 6 heteroatoms. The zero-order valence-electron chi connectivity index (χ0n) is 16.8. The van der Waals surface area contributed by atoms with Crippen molar-refractivity contribution < 1.29 is 9.59 Å². The van der Waals surface area contributed by atoms with E-state index in [4.69, 9.17) is 0 Å². The minimum absolute atomic E-state index is 0.0894. The average Bonchev–Trinajstić information content (AvgIpc) is 2.67. The van der Waals surface area contributed by atoms with Crippen molar-refractivity contribution in [2.45, 2.75) is 39.5 Å². The molecule has 0 saturated carbocycles. The molecule has 1 amide bonds. The van der Waals surface area contributed by atoms with E-state index in [0.717, 1.165) is 29.1 Å². The van der Waals surface area contributed by atoms with Gasteiger partial charge in [0.2, 0.25) is 0 Å². The topological polar surface area (TPSA) is 84.0 Å². The van der Waals surface area contributed by atoms with Crippen molar-refractivity contribution in [2.24, 2.45) is 5.92 Å². The van der Waals surface area contributed by atoms with Crippen LogP contribution in [0, 0.1) is 12.8 Å². The van der Waals surface area contributed by atoms with E-state index in [2.05, 4.69) is 27.5 Å². The van der Waals surface area contributed by atoms with Gasteiger partial charge in [0.25, 0.3) is 5.91 Å². The fourth-order valence-corrected chi connectivity index (χ4v) is 4.21. The standard InChI is InChI=1S/C23H24N4O2/c1-13-10-17-22(18(28)11-13)21(16-7-5-9-24-12-16)20(15(3)26-17)23(29)27-19-8-4-6-14(2)25-19/h4-9,12-13,21,26H,10-11H2,1-3H3,(H,25,27,29)/t13-,21-/m1/s1. The van der Waals surface area contributed by atoms with E-state index in [1.165, 1.54) is 0 Å². The van der Waals surface area contributed by atoms with Gasteiger partial charge in [0.1, 0.15) is 5.82 Å². The quantitative estimate of drug-likeness (QED) is 0.839. The zero-order valence-corrected chi connectivity index (χ0v) is 16.8. The predicted octanol–water partition coefficient (Wildman–Crippen LogP) is 3.64. The van der Waals surface area contributed by atoms with Gasteiger partial charge in [0.15, 0.2) is 5.78 Å². The molecule has 2 N–H and O–H groups in total. The molecule has 6 nitrogen and oxygen atoms in total. The fourth-order valence-electron chi connectivity index (χ4n) is 4.21. The summed E-state index contributed by atoms with van der Waals surface area (Å²) in [4.78, 5) is 34.9. The van der Waals surface area contributed by atoms with Crippen LogP contribution >= 0.6 is 0 Å². The summed E-state index contributed by atoms with van der Waals surface area (Å²) in [6.07, 6.45) is 4.71. The Hall–Kier alpha value is -3.28. The Labute approximate surface area is 170 Å². The summed E-state index contributed by atoms with van der Waals surface area (Å²) in [5.41, 5.74) is 4.55. The molecule has 0 spiro atoms. The van der Waals surface area contributed by atoms with Gasteiger partial charge in [-0.05, 0) is 49.9 Å². The lowest BCUT2D eigenvalue weighted by atomic mass is 9.73. The number of anilines is 1. The van der Waals surface area contributed by atoms with Crippen molar-refractivity contribution in [3.63, 3.8) is 0 Å². The van der Waals surface area contributed by atoms with Crippen LogP contribution in [0.1, 0.15) is 43.9 Å². The van der Waals surface area contributed by atoms with Gasteiger partial charge in [-0.25, -0.2) is 4.98 Å². The monoisotopic (exact) mass is 388 g/mol. The molecule has 29 heavy (non-hydrogen) atoms. The molecule has 2 atom stereocenters. The van der Waals surface area contributed by atoms with Crippen LogP contribution in [0.4, 0.5) is 5.82 Å². The number of aromatic nitrogens is 2. The van der Waals surface area contributed by atoms with Gasteiger partial charge in [0, 0.05) is 53.0 Å². The van der Waals surface area contributed by atoms with Crippen molar-refractivity contribution in [3.8, 4) is 0 Å². The number of hydrogen-bond acceptors (Lipinski definition) is 5. The molecule has 0 fully saturated rings. The summed E-state index contributed by atoms with van der Waals surface area (Å²) < 4.78 is 0. The van der Waals surface area contributed by atoms with Crippen molar-refractivity contribution in [1.29, 1.82) is 0 Å². The number of pyridine rings is 2. The molecule has 0 aromatic carbocycles. The third-order valence-corrected chi connectivity index (χ3v) is 5.42. The molecule has 0 radical (unpaired) electrons.